The summed E-state index contributed by atoms with van der Waals surface area (Å²) < 4.78 is 17.1. The number of hydrogen-bond acceptors (Lipinski definition) is 7. The maximum atomic E-state index is 12.7. The number of nitrogens with zero attached hydrogens (tertiary/aromatic N) is 2. The lowest BCUT2D eigenvalue weighted by molar-refractivity contribution is 0.0549. The van der Waals surface area contributed by atoms with Gasteiger partial charge in [-0.1, -0.05) is 18.2 Å². The van der Waals surface area contributed by atoms with Crippen molar-refractivity contribution in [2.24, 2.45) is 0 Å². The smallest absolute Gasteiger partial charge is 0.357 e. The van der Waals surface area contributed by atoms with Gasteiger partial charge in [0.05, 0.1) is 26.5 Å². The Bertz CT molecular complexity index is 1090. The molecule has 0 amide bonds. The first-order chi connectivity index (χ1) is 14.4. The topological polar surface area (TPSA) is 99.9 Å². The second-order valence-electron chi connectivity index (χ2n) is 6.04. The Morgan fingerprint density at radius 1 is 1.10 bits per heavy atom. The third-order valence-electron chi connectivity index (χ3n) is 4.26. The molecule has 0 atom stereocenters. The zero-order chi connectivity index (χ0) is 21.8. The van der Waals surface area contributed by atoms with Crippen LogP contribution >= 0.6 is 15.9 Å². The van der Waals surface area contributed by atoms with Crippen LogP contribution in [0.3, 0.4) is 0 Å². The monoisotopic (exact) mass is 474 g/mol. The lowest BCUT2D eigenvalue weighted by Gasteiger charge is -2.10. The number of methoxy groups -OCH3 is 2. The molecule has 8 nitrogen and oxygen atoms in total. The molecule has 0 saturated heterocycles. The van der Waals surface area contributed by atoms with Gasteiger partial charge in [0.2, 0.25) is 0 Å². The fourth-order valence-corrected chi connectivity index (χ4v) is 3.46. The molecule has 3 rings (SSSR count). The number of carbonyl (C=O) groups excluding carboxylic acids is 2. The highest BCUT2D eigenvalue weighted by Gasteiger charge is 2.32. The lowest BCUT2D eigenvalue weighted by atomic mass is 10.0. The van der Waals surface area contributed by atoms with Gasteiger partial charge in [0.1, 0.15) is 11.3 Å². The van der Waals surface area contributed by atoms with Crippen LogP contribution in [0.4, 0.5) is 0 Å². The van der Waals surface area contributed by atoms with Crippen LogP contribution in [0.5, 0.6) is 11.5 Å². The summed E-state index contributed by atoms with van der Waals surface area (Å²) in [6.45, 7) is 2.10. The van der Waals surface area contributed by atoms with E-state index in [2.05, 4.69) is 21.0 Å². The van der Waals surface area contributed by atoms with E-state index in [4.69, 9.17) is 14.2 Å². The minimum Gasteiger partial charge on any atom is -0.504 e. The predicted octanol–water partition coefficient (Wildman–Crippen LogP) is 3.98. The largest absolute Gasteiger partial charge is 0.504 e. The number of halogens is 1. The summed E-state index contributed by atoms with van der Waals surface area (Å²) >= 11 is 3.39. The molecule has 0 radical (unpaired) electrons. The normalized spacial score (nSPS) is 10.5. The molecule has 9 heteroatoms. The van der Waals surface area contributed by atoms with Gasteiger partial charge < -0.3 is 19.3 Å². The van der Waals surface area contributed by atoms with Crippen LogP contribution in [-0.4, -0.2) is 47.7 Å². The number of phenolic OH excluding ortho intramolecular Hbond substituents is 1. The molecule has 0 unspecified atom stereocenters. The zero-order valence-electron chi connectivity index (χ0n) is 16.5. The second kappa shape index (κ2) is 9.00. The highest BCUT2D eigenvalue weighted by Crippen LogP contribution is 2.40. The molecule has 1 heterocycles. The first kappa shape index (κ1) is 21.4. The van der Waals surface area contributed by atoms with Crippen molar-refractivity contribution in [1.29, 1.82) is 0 Å². The van der Waals surface area contributed by atoms with Crippen molar-refractivity contribution in [3.63, 3.8) is 0 Å². The van der Waals surface area contributed by atoms with Gasteiger partial charge in [-0.05, 0) is 47.1 Å². The van der Waals surface area contributed by atoms with Gasteiger partial charge in [-0.15, -0.1) is 0 Å². The average Bonchev–Trinajstić information content (AvgIpc) is 3.15. The fraction of sp³-hybridized carbons (Fsp3) is 0.190. The molecule has 0 aliphatic carbocycles. The summed E-state index contributed by atoms with van der Waals surface area (Å²) in [5, 5.41) is 14.7. The third-order valence-corrected chi connectivity index (χ3v) is 4.91. The van der Waals surface area contributed by atoms with Crippen LogP contribution in [0.2, 0.25) is 0 Å². The number of ether oxygens (including phenoxy) is 3. The molecule has 0 spiro atoms. The quantitative estimate of drug-likeness (QED) is 0.539. The maximum absolute atomic E-state index is 12.7. The molecule has 3 aromatic rings. The minimum absolute atomic E-state index is 0.0676. The van der Waals surface area contributed by atoms with Crippen LogP contribution in [0.1, 0.15) is 27.8 Å². The standard InChI is InChI=1S/C21H19BrN2O6/c1-4-30-16-10-13(14(22)11-15(16)25)18-17(20(26)28-2)19(21(27)29-3)24(23-18)12-8-6-5-7-9-12/h5-11,25H,4H2,1-3H3. The SMILES string of the molecule is CCOc1cc(-c2nn(-c3ccccc3)c(C(=O)OC)c2C(=O)OC)c(Br)cc1O. The van der Waals surface area contributed by atoms with Crippen LogP contribution in [0, 0.1) is 0 Å². The van der Waals surface area contributed by atoms with Gasteiger partial charge in [-0.3, -0.25) is 0 Å². The van der Waals surface area contributed by atoms with E-state index < -0.39 is 11.9 Å². The van der Waals surface area contributed by atoms with E-state index in [1.165, 1.54) is 31.0 Å². The summed E-state index contributed by atoms with van der Waals surface area (Å²) in [6, 6.07) is 11.8. The number of carbonyl (C=O) groups is 2. The van der Waals surface area contributed by atoms with E-state index >= 15 is 0 Å². The molecule has 1 N–H and O–H groups in total. The van der Waals surface area contributed by atoms with Crippen LogP contribution in [0.25, 0.3) is 16.9 Å². The summed E-state index contributed by atoms with van der Waals surface area (Å²) in [6.07, 6.45) is 0. The highest BCUT2D eigenvalue weighted by atomic mass is 79.9. The molecule has 0 fully saturated rings. The highest BCUT2D eigenvalue weighted by molar-refractivity contribution is 9.10. The summed E-state index contributed by atoms with van der Waals surface area (Å²) in [7, 11) is 2.43. The molecule has 0 aliphatic rings. The van der Waals surface area contributed by atoms with E-state index in [0.717, 1.165) is 0 Å². The average molecular weight is 475 g/mol. The summed E-state index contributed by atoms with van der Waals surface area (Å²) in [4.78, 5) is 25.3. The van der Waals surface area contributed by atoms with Gasteiger partial charge in [-0.2, -0.15) is 5.10 Å². The minimum atomic E-state index is -0.759. The van der Waals surface area contributed by atoms with Gasteiger partial charge >= 0.3 is 11.9 Å². The molecule has 1 aromatic heterocycles. The molecule has 156 valence electrons. The van der Waals surface area contributed by atoms with Gasteiger partial charge in [0.15, 0.2) is 17.2 Å². The van der Waals surface area contributed by atoms with Gasteiger partial charge in [0, 0.05) is 10.0 Å². The first-order valence-electron chi connectivity index (χ1n) is 8.93. The fourth-order valence-electron chi connectivity index (χ4n) is 2.94. The van der Waals surface area contributed by atoms with E-state index in [1.807, 2.05) is 6.07 Å². The Morgan fingerprint density at radius 2 is 1.77 bits per heavy atom. The second-order valence-corrected chi connectivity index (χ2v) is 6.89. The predicted molar refractivity (Wildman–Crippen MR) is 112 cm³/mol. The first-order valence-corrected chi connectivity index (χ1v) is 9.72. The number of aromatic nitrogens is 2. The number of benzene rings is 2. The van der Waals surface area contributed by atoms with Crippen LogP contribution in [-0.2, 0) is 9.47 Å². The number of hydrogen-bond donors (Lipinski definition) is 1. The van der Waals surface area contributed by atoms with E-state index in [0.29, 0.717) is 22.3 Å². The molecule has 0 bridgehead atoms. The molecule has 0 aliphatic heterocycles. The van der Waals surface area contributed by atoms with Gasteiger partial charge in [0.25, 0.3) is 0 Å². The number of esters is 2. The van der Waals surface area contributed by atoms with Gasteiger partial charge in [-0.25, -0.2) is 14.3 Å². The Kier molecular flexibility index (Phi) is 6.41. The zero-order valence-corrected chi connectivity index (χ0v) is 18.1. The Labute approximate surface area is 181 Å². The van der Waals surface area contributed by atoms with Crippen LogP contribution < -0.4 is 4.74 Å². The van der Waals surface area contributed by atoms with Crippen molar-refractivity contribution in [1.82, 2.24) is 9.78 Å². The molecule has 30 heavy (non-hydrogen) atoms. The lowest BCUT2D eigenvalue weighted by Crippen LogP contribution is -2.15. The van der Waals surface area contributed by atoms with E-state index in [-0.39, 0.29) is 28.5 Å². The van der Waals surface area contributed by atoms with Crippen molar-refractivity contribution in [3.8, 4) is 28.4 Å². The van der Waals surface area contributed by atoms with Crippen molar-refractivity contribution in [2.75, 3.05) is 20.8 Å². The van der Waals surface area contributed by atoms with Crippen LogP contribution in [0.15, 0.2) is 46.9 Å². The van der Waals surface area contributed by atoms with Crippen molar-refractivity contribution < 1.29 is 28.9 Å². The Balaban J connectivity index is 2.38. The van der Waals surface area contributed by atoms with Crippen molar-refractivity contribution in [3.05, 3.63) is 58.2 Å². The number of para-hydroxylation sites is 1. The number of phenols is 1. The molecular formula is C21H19BrN2O6. The molecule has 0 saturated carbocycles. The Morgan fingerprint density at radius 3 is 2.37 bits per heavy atom. The number of aromatic hydroxyl groups is 1. The third kappa shape index (κ3) is 3.88. The summed E-state index contributed by atoms with van der Waals surface area (Å²) in [5.74, 6) is -1.38. The molecule has 2 aromatic carbocycles. The maximum Gasteiger partial charge on any atom is 0.357 e. The molecular weight excluding hydrogens is 456 g/mol. The van der Waals surface area contributed by atoms with E-state index in [9.17, 15) is 14.7 Å². The number of rotatable bonds is 6. The van der Waals surface area contributed by atoms with Crippen molar-refractivity contribution >= 4 is 27.9 Å². The van der Waals surface area contributed by atoms with E-state index in [1.54, 1.807) is 31.2 Å². The summed E-state index contributed by atoms with van der Waals surface area (Å²) in [5.41, 5.74) is 0.996. The van der Waals surface area contributed by atoms with Crippen molar-refractivity contribution in [2.45, 2.75) is 6.92 Å². The Hall–Kier alpha value is -3.33.